The Kier molecular flexibility index (Phi) is 3.60. The smallest absolute Gasteiger partial charge is 0.133 e. The predicted octanol–water partition coefficient (Wildman–Crippen LogP) is 4.51. The van der Waals surface area contributed by atoms with Crippen molar-refractivity contribution < 1.29 is 0 Å². The highest BCUT2D eigenvalue weighted by molar-refractivity contribution is 6.31. The Morgan fingerprint density at radius 1 is 0.870 bits per heavy atom. The van der Waals surface area contributed by atoms with Crippen LogP contribution in [0.25, 0.3) is 5.70 Å². The van der Waals surface area contributed by atoms with Crippen LogP contribution in [-0.2, 0) is 0 Å². The van der Waals surface area contributed by atoms with Crippen LogP contribution in [0.5, 0.6) is 0 Å². The molecule has 1 unspecified atom stereocenters. The molecule has 2 aromatic carbocycles. The van der Waals surface area contributed by atoms with E-state index in [2.05, 4.69) is 29.6 Å². The Balaban J connectivity index is 1.83. The molecule has 0 radical (unpaired) electrons. The van der Waals surface area contributed by atoms with Crippen LogP contribution in [0.3, 0.4) is 0 Å². The van der Waals surface area contributed by atoms with Crippen molar-refractivity contribution in [2.24, 2.45) is 4.99 Å². The van der Waals surface area contributed by atoms with E-state index < -0.39 is 0 Å². The topological polar surface area (TPSA) is 24.4 Å². The van der Waals surface area contributed by atoms with Crippen molar-refractivity contribution in [2.75, 3.05) is 0 Å². The number of fused-ring (bicyclic) bond motifs is 1. The van der Waals surface area contributed by atoms with Gasteiger partial charge in [0.25, 0.3) is 0 Å². The molecule has 0 saturated carbocycles. The maximum Gasteiger partial charge on any atom is 0.133 e. The Bertz CT molecular complexity index is 846. The molecule has 0 aromatic heterocycles. The third-order valence-corrected chi connectivity index (χ3v) is 4.19. The maximum absolute atomic E-state index is 6.21. The lowest BCUT2D eigenvalue weighted by atomic mass is 9.94. The van der Waals surface area contributed by atoms with Gasteiger partial charge in [0.15, 0.2) is 0 Å². The number of hydrogen-bond acceptors (Lipinski definition) is 2. The van der Waals surface area contributed by atoms with Crippen LogP contribution in [0, 0.1) is 0 Å². The molecule has 1 atom stereocenters. The molecule has 1 aliphatic carbocycles. The molecule has 2 nitrogen and oxygen atoms in total. The maximum atomic E-state index is 6.21. The van der Waals surface area contributed by atoms with Crippen LogP contribution in [0.15, 0.2) is 94.5 Å². The Hall–Kier alpha value is -2.58. The number of halogens is 1. The molecule has 1 N–H and O–H groups in total. The predicted molar refractivity (Wildman–Crippen MR) is 96.3 cm³/mol. The fourth-order valence-corrected chi connectivity index (χ4v) is 3.04. The van der Waals surface area contributed by atoms with Gasteiger partial charge in [-0.05, 0) is 17.7 Å². The number of rotatable bonds is 2. The lowest BCUT2D eigenvalue weighted by Crippen LogP contribution is -2.32. The van der Waals surface area contributed by atoms with Crippen LogP contribution in [0.1, 0.15) is 11.1 Å². The SMILES string of the molecule is ClC1=CC2=C(c3ccccc3)NC(c3ccccc3)=NC2C=C1. The molecule has 0 amide bonds. The van der Waals surface area contributed by atoms with Crippen LogP contribution in [0.2, 0.25) is 0 Å². The molecule has 0 spiro atoms. The molecule has 112 valence electrons. The van der Waals surface area contributed by atoms with Crippen LogP contribution < -0.4 is 5.32 Å². The first kappa shape index (κ1) is 14.0. The second kappa shape index (κ2) is 5.90. The molecule has 2 aromatic rings. The third-order valence-electron chi connectivity index (χ3n) is 3.96. The van der Waals surface area contributed by atoms with Gasteiger partial charge in [-0.25, -0.2) is 0 Å². The van der Waals surface area contributed by atoms with Crippen molar-refractivity contribution in [1.29, 1.82) is 0 Å². The normalized spacial score (nSPS) is 19.6. The summed E-state index contributed by atoms with van der Waals surface area (Å²) >= 11 is 6.21. The summed E-state index contributed by atoms with van der Waals surface area (Å²) in [6, 6.07) is 20.5. The van der Waals surface area contributed by atoms with Crippen molar-refractivity contribution >= 4 is 23.1 Å². The van der Waals surface area contributed by atoms with Crippen molar-refractivity contribution in [1.82, 2.24) is 5.32 Å². The summed E-state index contributed by atoms with van der Waals surface area (Å²) in [5, 5.41) is 4.23. The third kappa shape index (κ3) is 2.73. The molecule has 0 bridgehead atoms. The van der Waals surface area contributed by atoms with Gasteiger partial charge in [0, 0.05) is 16.2 Å². The highest BCUT2D eigenvalue weighted by Crippen LogP contribution is 2.31. The largest absolute Gasteiger partial charge is 0.339 e. The van der Waals surface area contributed by atoms with Gasteiger partial charge < -0.3 is 5.32 Å². The minimum absolute atomic E-state index is 0.0100. The average Bonchev–Trinajstić information content (AvgIpc) is 2.62. The molecule has 1 aliphatic heterocycles. The molecular formula is C20H15ClN2. The fraction of sp³-hybridized carbons (Fsp3) is 0.0500. The van der Waals surface area contributed by atoms with Gasteiger partial charge in [0.05, 0.1) is 11.7 Å². The lowest BCUT2D eigenvalue weighted by molar-refractivity contribution is 0.924. The number of allylic oxidation sites excluding steroid dienone is 2. The van der Waals surface area contributed by atoms with Gasteiger partial charge in [0.2, 0.25) is 0 Å². The summed E-state index contributed by atoms with van der Waals surface area (Å²) in [4.78, 5) is 4.84. The van der Waals surface area contributed by atoms with E-state index in [0.29, 0.717) is 0 Å². The molecule has 23 heavy (non-hydrogen) atoms. The van der Waals surface area contributed by atoms with E-state index in [0.717, 1.165) is 33.3 Å². The quantitative estimate of drug-likeness (QED) is 0.865. The number of benzene rings is 2. The van der Waals surface area contributed by atoms with Crippen molar-refractivity contribution in [3.8, 4) is 0 Å². The lowest BCUT2D eigenvalue weighted by Gasteiger charge is -2.27. The van der Waals surface area contributed by atoms with E-state index in [-0.39, 0.29) is 6.04 Å². The molecule has 3 heteroatoms. The zero-order chi connectivity index (χ0) is 15.6. The zero-order valence-corrected chi connectivity index (χ0v) is 13.2. The van der Waals surface area contributed by atoms with E-state index in [1.807, 2.05) is 54.6 Å². The number of nitrogens with zero attached hydrogens (tertiary/aromatic N) is 1. The Morgan fingerprint density at radius 3 is 2.22 bits per heavy atom. The molecule has 0 saturated heterocycles. The van der Waals surface area contributed by atoms with Gasteiger partial charge in [-0.3, -0.25) is 4.99 Å². The first-order valence-electron chi connectivity index (χ1n) is 7.56. The molecule has 4 rings (SSSR count). The monoisotopic (exact) mass is 318 g/mol. The minimum atomic E-state index is -0.0100. The van der Waals surface area contributed by atoms with E-state index in [1.54, 1.807) is 0 Å². The van der Waals surface area contributed by atoms with Crippen LogP contribution in [-0.4, -0.2) is 11.9 Å². The summed E-state index contributed by atoms with van der Waals surface area (Å²) in [5.41, 5.74) is 4.37. The summed E-state index contributed by atoms with van der Waals surface area (Å²) in [6.45, 7) is 0. The van der Waals surface area contributed by atoms with Gasteiger partial charge >= 0.3 is 0 Å². The Labute approximate surface area is 140 Å². The second-order valence-electron chi connectivity index (χ2n) is 5.50. The second-order valence-corrected chi connectivity index (χ2v) is 5.93. The number of hydrogen-bond donors (Lipinski definition) is 1. The van der Waals surface area contributed by atoms with Crippen molar-refractivity contribution in [3.63, 3.8) is 0 Å². The number of aliphatic imine (C=N–C) groups is 1. The van der Waals surface area contributed by atoms with E-state index in [9.17, 15) is 0 Å². The van der Waals surface area contributed by atoms with Crippen LogP contribution >= 0.6 is 11.6 Å². The average molecular weight is 319 g/mol. The van der Waals surface area contributed by atoms with Gasteiger partial charge in [0.1, 0.15) is 5.84 Å². The van der Waals surface area contributed by atoms with Crippen molar-refractivity contribution in [3.05, 3.63) is 101 Å². The van der Waals surface area contributed by atoms with E-state index >= 15 is 0 Å². The molecule has 1 heterocycles. The summed E-state index contributed by atoms with van der Waals surface area (Å²) in [6.07, 6.45) is 5.95. The summed E-state index contributed by atoms with van der Waals surface area (Å²) in [5.74, 6) is 0.884. The first-order valence-corrected chi connectivity index (χ1v) is 7.94. The highest BCUT2D eigenvalue weighted by atomic mass is 35.5. The van der Waals surface area contributed by atoms with Crippen LogP contribution in [0.4, 0.5) is 0 Å². The number of nitrogens with one attached hydrogen (secondary N) is 1. The molecule has 0 fully saturated rings. The minimum Gasteiger partial charge on any atom is -0.339 e. The summed E-state index contributed by atoms with van der Waals surface area (Å²) in [7, 11) is 0. The molecular weight excluding hydrogens is 304 g/mol. The number of amidine groups is 1. The van der Waals surface area contributed by atoms with Gasteiger partial charge in [-0.1, -0.05) is 78.3 Å². The summed E-state index contributed by atoms with van der Waals surface area (Å²) < 4.78 is 0. The first-order chi connectivity index (χ1) is 11.3. The highest BCUT2D eigenvalue weighted by Gasteiger charge is 2.24. The van der Waals surface area contributed by atoms with E-state index in [1.165, 1.54) is 0 Å². The Morgan fingerprint density at radius 2 is 1.52 bits per heavy atom. The zero-order valence-electron chi connectivity index (χ0n) is 12.4. The fourth-order valence-electron chi connectivity index (χ4n) is 2.85. The van der Waals surface area contributed by atoms with Gasteiger partial charge in [-0.2, -0.15) is 0 Å². The van der Waals surface area contributed by atoms with Crippen molar-refractivity contribution in [2.45, 2.75) is 6.04 Å². The van der Waals surface area contributed by atoms with E-state index in [4.69, 9.17) is 16.6 Å². The molecule has 2 aliphatic rings. The van der Waals surface area contributed by atoms with Gasteiger partial charge in [-0.15, -0.1) is 0 Å². The standard InChI is InChI=1S/C20H15ClN2/c21-16-11-12-18-17(13-16)19(14-7-3-1-4-8-14)23-20(22-18)15-9-5-2-6-10-15/h1-13,18H,(H,22,23).